The summed E-state index contributed by atoms with van der Waals surface area (Å²) < 4.78 is 27.5. The van der Waals surface area contributed by atoms with Gasteiger partial charge in [0.25, 0.3) is 0 Å². The van der Waals surface area contributed by atoms with Crippen LogP contribution in [0, 0.1) is 23.0 Å². The van der Waals surface area contributed by atoms with Crippen LogP contribution in [0.5, 0.6) is 0 Å². The predicted octanol–water partition coefficient (Wildman–Crippen LogP) is 4.14. The molecule has 2 aromatic rings. The van der Waals surface area contributed by atoms with E-state index >= 15 is 0 Å². The van der Waals surface area contributed by atoms with Gasteiger partial charge in [-0.25, -0.2) is 8.78 Å². The van der Waals surface area contributed by atoms with Crippen LogP contribution in [0.3, 0.4) is 0 Å². The highest BCUT2D eigenvalue weighted by Crippen LogP contribution is 2.26. The van der Waals surface area contributed by atoms with Crippen molar-refractivity contribution in [2.75, 3.05) is 5.32 Å². The average Bonchev–Trinajstić information content (AvgIpc) is 2.43. The van der Waals surface area contributed by atoms with Gasteiger partial charge in [-0.1, -0.05) is 25.1 Å². The molecule has 96 valence electrons. The molecule has 0 atom stereocenters. The number of hydrogen-bond acceptors (Lipinski definition) is 2. The van der Waals surface area contributed by atoms with Gasteiger partial charge in [0.2, 0.25) is 0 Å². The van der Waals surface area contributed by atoms with Crippen molar-refractivity contribution >= 4 is 11.4 Å². The van der Waals surface area contributed by atoms with Crippen LogP contribution in [0.25, 0.3) is 0 Å². The van der Waals surface area contributed by atoms with Crippen LogP contribution in [0.15, 0.2) is 36.4 Å². The number of nitrogens with zero attached hydrogens (tertiary/aromatic N) is 1. The van der Waals surface area contributed by atoms with Gasteiger partial charge in [-0.15, -0.1) is 0 Å². The summed E-state index contributed by atoms with van der Waals surface area (Å²) in [4.78, 5) is 0. The van der Waals surface area contributed by atoms with Crippen molar-refractivity contribution in [3.05, 3.63) is 59.2 Å². The Hall–Kier alpha value is -2.41. The van der Waals surface area contributed by atoms with Crippen molar-refractivity contribution in [1.29, 1.82) is 5.26 Å². The Morgan fingerprint density at radius 3 is 2.37 bits per heavy atom. The molecule has 0 bridgehead atoms. The maximum Gasteiger partial charge on any atom is 0.150 e. The number of anilines is 2. The van der Waals surface area contributed by atoms with Gasteiger partial charge in [0.15, 0.2) is 11.6 Å². The second-order valence-corrected chi connectivity index (χ2v) is 4.06. The van der Waals surface area contributed by atoms with Gasteiger partial charge >= 0.3 is 0 Å². The van der Waals surface area contributed by atoms with Gasteiger partial charge in [-0.3, -0.25) is 0 Å². The largest absolute Gasteiger partial charge is 0.351 e. The third kappa shape index (κ3) is 2.71. The second kappa shape index (κ2) is 5.49. The minimum Gasteiger partial charge on any atom is -0.351 e. The Morgan fingerprint density at radius 1 is 1.16 bits per heavy atom. The first-order valence-corrected chi connectivity index (χ1v) is 5.89. The number of aryl methyl sites for hydroxylation is 1. The van der Waals surface area contributed by atoms with Crippen molar-refractivity contribution < 1.29 is 8.78 Å². The highest BCUT2D eigenvalue weighted by atomic mass is 19.1. The van der Waals surface area contributed by atoms with E-state index in [0.717, 1.165) is 24.1 Å². The SMILES string of the molecule is CCc1ccccc1Nc1c(F)cc(C#N)cc1F. The van der Waals surface area contributed by atoms with E-state index in [1.54, 1.807) is 18.2 Å². The molecule has 0 saturated heterocycles. The number of benzene rings is 2. The van der Waals surface area contributed by atoms with Crippen LogP contribution in [-0.4, -0.2) is 0 Å². The summed E-state index contributed by atoms with van der Waals surface area (Å²) in [6.07, 6.45) is 0.753. The van der Waals surface area contributed by atoms with Crippen molar-refractivity contribution in [3.63, 3.8) is 0 Å². The first-order valence-electron chi connectivity index (χ1n) is 5.89. The number of nitriles is 1. The third-order valence-electron chi connectivity index (χ3n) is 2.83. The van der Waals surface area contributed by atoms with E-state index in [-0.39, 0.29) is 11.3 Å². The van der Waals surface area contributed by atoms with E-state index in [9.17, 15) is 8.78 Å². The quantitative estimate of drug-likeness (QED) is 0.898. The van der Waals surface area contributed by atoms with Gasteiger partial charge in [0.1, 0.15) is 5.69 Å². The van der Waals surface area contributed by atoms with Crippen LogP contribution in [-0.2, 0) is 6.42 Å². The fourth-order valence-electron chi connectivity index (χ4n) is 1.84. The van der Waals surface area contributed by atoms with E-state index in [4.69, 9.17) is 5.26 Å². The molecular formula is C15H12F2N2. The molecule has 0 aliphatic carbocycles. The summed E-state index contributed by atoms with van der Waals surface area (Å²) in [5.41, 5.74) is 1.35. The predicted molar refractivity (Wildman–Crippen MR) is 70.2 cm³/mol. The lowest BCUT2D eigenvalue weighted by molar-refractivity contribution is 0.590. The number of hydrogen-bond donors (Lipinski definition) is 1. The summed E-state index contributed by atoms with van der Waals surface area (Å²) >= 11 is 0. The third-order valence-corrected chi connectivity index (χ3v) is 2.83. The van der Waals surface area contributed by atoms with Crippen molar-refractivity contribution in [2.24, 2.45) is 0 Å². The fourth-order valence-corrected chi connectivity index (χ4v) is 1.84. The topological polar surface area (TPSA) is 35.8 Å². The van der Waals surface area contributed by atoms with E-state index in [1.807, 2.05) is 19.1 Å². The van der Waals surface area contributed by atoms with Crippen LogP contribution < -0.4 is 5.32 Å². The summed E-state index contributed by atoms with van der Waals surface area (Å²) in [6, 6.07) is 11.1. The zero-order valence-electron chi connectivity index (χ0n) is 10.4. The molecule has 0 fully saturated rings. The molecule has 2 nitrogen and oxygen atoms in total. The van der Waals surface area contributed by atoms with Crippen LogP contribution in [0.4, 0.5) is 20.2 Å². The Morgan fingerprint density at radius 2 is 1.79 bits per heavy atom. The lowest BCUT2D eigenvalue weighted by atomic mass is 10.1. The number of rotatable bonds is 3. The molecule has 0 radical (unpaired) electrons. The number of para-hydroxylation sites is 1. The van der Waals surface area contributed by atoms with E-state index in [2.05, 4.69) is 5.32 Å². The number of nitrogens with one attached hydrogen (secondary N) is 1. The molecule has 4 heteroatoms. The Bertz CT molecular complexity index is 622. The lowest BCUT2D eigenvalue weighted by Gasteiger charge is -2.12. The minimum absolute atomic E-state index is 0.0377. The molecule has 0 aromatic heterocycles. The smallest absolute Gasteiger partial charge is 0.150 e. The molecule has 19 heavy (non-hydrogen) atoms. The van der Waals surface area contributed by atoms with Crippen molar-refractivity contribution in [3.8, 4) is 6.07 Å². The molecule has 0 aliphatic rings. The molecule has 0 amide bonds. The zero-order valence-corrected chi connectivity index (χ0v) is 10.4. The number of halogens is 2. The molecule has 0 unspecified atom stereocenters. The van der Waals surface area contributed by atoms with E-state index < -0.39 is 11.6 Å². The highest BCUT2D eigenvalue weighted by molar-refractivity contribution is 5.65. The summed E-state index contributed by atoms with van der Waals surface area (Å²) in [6.45, 7) is 1.96. The minimum atomic E-state index is -0.776. The van der Waals surface area contributed by atoms with E-state index in [1.165, 1.54) is 0 Å². The average molecular weight is 258 g/mol. The van der Waals surface area contributed by atoms with Gasteiger partial charge in [-0.05, 0) is 30.2 Å². The van der Waals surface area contributed by atoms with Gasteiger partial charge in [0.05, 0.1) is 11.6 Å². The summed E-state index contributed by atoms with van der Waals surface area (Å²) in [5, 5.41) is 11.4. The first-order chi connectivity index (χ1) is 9.15. The maximum absolute atomic E-state index is 13.8. The van der Waals surface area contributed by atoms with E-state index in [0.29, 0.717) is 5.69 Å². The normalized spacial score (nSPS) is 10.0. The van der Waals surface area contributed by atoms with Crippen molar-refractivity contribution in [2.45, 2.75) is 13.3 Å². The Balaban J connectivity index is 2.42. The molecular weight excluding hydrogens is 246 g/mol. The van der Waals surface area contributed by atoms with Crippen LogP contribution >= 0.6 is 0 Å². The van der Waals surface area contributed by atoms with Crippen LogP contribution in [0.1, 0.15) is 18.1 Å². The standard InChI is InChI=1S/C15H12F2N2/c1-2-11-5-3-4-6-14(11)19-15-12(16)7-10(9-18)8-13(15)17/h3-8,19H,2H2,1H3. The monoisotopic (exact) mass is 258 g/mol. The lowest BCUT2D eigenvalue weighted by Crippen LogP contribution is -2.01. The molecule has 2 aromatic carbocycles. The van der Waals surface area contributed by atoms with Gasteiger partial charge in [0, 0.05) is 5.69 Å². The fraction of sp³-hybridized carbons (Fsp3) is 0.133. The maximum atomic E-state index is 13.8. The van der Waals surface area contributed by atoms with Crippen molar-refractivity contribution in [1.82, 2.24) is 0 Å². The first kappa shape index (κ1) is 13.0. The summed E-state index contributed by atoms with van der Waals surface area (Å²) in [5.74, 6) is -1.55. The second-order valence-electron chi connectivity index (χ2n) is 4.06. The molecule has 1 N–H and O–H groups in total. The Kier molecular flexibility index (Phi) is 3.76. The molecule has 2 rings (SSSR count). The zero-order chi connectivity index (χ0) is 13.8. The van der Waals surface area contributed by atoms with Gasteiger partial charge in [-0.2, -0.15) is 5.26 Å². The highest BCUT2D eigenvalue weighted by Gasteiger charge is 2.12. The molecule has 0 saturated carbocycles. The Labute approximate surface area is 110 Å². The molecule has 0 heterocycles. The summed E-state index contributed by atoms with van der Waals surface area (Å²) in [7, 11) is 0. The van der Waals surface area contributed by atoms with Crippen LogP contribution in [0.2, 0.25) is 0 Å². The molecule has 0 aliphatic heterocycles. The molecule has 0 spiro atoms. The van der Waals surface area contributed by atoms with Gasteiger partial charge < -0.3 is 5.32 Å².